The van der Waals surface area contributed by atoms with E-state index < -0.39 is 0 Å². The van der Waals surface area contributed by atoms with Gasteiger partial charge in [0, 0.05) is 18.7 Å². The van der Waals surface area contributed by atoms with E-state index in [1.54, 1.807) is 24.3 Å². The minimum absolute atomic E-state index is 0.0345. The topological polar surface area (TPSA) is 49.8 Å². The van der Waals surface area contributed by atoms with Crippen molar-refractivity contribution in [1.82, 2.24) is 4.90 Å². The minimum Gasteiger partial charge on any atom is -0.508 e. The number of phenolic OH excluding ortho intramolecular Hbond substituents is 1. The van der Waals surface area contributed by atoms with E-state index in [4.69, 9.17) is 4.74 Å². The lowest BCUT2D eigenvalue weighted by atomic mass is 9.87. The molecule has 2 aliphatic heterocycles. The summed E-state index contributed by atoms with van der Waals surface area (Å²) in [6.45, 7) is 4.49. The number of hydrogen-bond donors (Lipinski definition) is 1. The van der Waals surface area contributed by atoms with E-state index in [9.17, 15) is 9.90 Å². The Labute approximate surface area is 119 Å². The first-order valence-electron chi connectivity index (χ1n) is 7.30. The van der Waals surface area contributed by atoms with Gasteiger partial charge < -0.3 is 14.7 Å². The van der Waals surface area contributed by atoms with Crippen LogP contribution in [0.25, 0.3) is 0 Å². The Balaban J connectivity index is 1.73. The maximum atomic E-state index is 12.5. The average molecular weight is 275 g/mol. The Morgan fingerprint density at radius 3 is 2.80 bits per heavy atom. The van der Waals surface area contributed by atoms with Crippen molar-refractivity contribution in [3.63, 3.8) is 0 Å². The predicted molar refractivity (Wildman–Crippen MR) is 75.7 cm³/mol. The van der Waals surface area contributed by atoms with Crippen molar-refractivity contribution in [1.29, 1.82) is 0 Å². The fraction of sp³-hybridized carbons (Fsp3) is 0.562. The van der Waals surface area contributed by atoms with E-state index in [0.717, 1.165) is 32.4 Å². The van der Waals surface area contributed by atoms with Crippen molar-refractivity contribution < 1.29 is 14.6 Å². The number of amides is 1. The summed E-state index contributed by atoms with van der Waals surface area (Å²) in [4.78, 5) is 14.4. The van der Waals surface area contributed by atoms with Crippen LogP contribution in [0, 0.1) is 5.92 Å². The first-order valence-corrected chi connectivity index (χ1v) is 7.30. The standard InChI is InChI=1S/C16H21NO3/c1-12-9-16(20-10-12)7-2-8-17(11-16)15(19)13-3-5-14(18)6-4-13/h3-6,12,18H,2,7-11H2,1H3/t12-,16+/m0/s1. The van der Waals surface area contributed by atoms with Gasteiger partial charge in [0.15, 0.2) is 0 Å². The smallest absolute Gasteiger partial charge is 0.253 e. The zero-order valence-corrected chi connectivity index (χ0v) is 11.8. The Hall–Kier alpha value is -1.55. The molecule has 1 aromatic carbocycles. The van der Waals surface area contributed by atoms with Gasteiger partial charge in [-0.25, -0.2) is 0 Å². The molecular formula is C16H21NO3. The number of aromatic hydroxyl groups is 1. The van der Waals surface area contributed by atoms with Crippen LogP contribution in [0.2, 0.25) is 0 Å². The molecule has 108 valence electrons. The number of phenols is 1. The summed E-state index contributed by atoms with van der Waals surface area (Å²) in [6, 6.07) is 6.47. The number of rotatable bonds is 1. The van der Waals surface area contributed by atoms with Crippen molar-refractivity contribution in [2.75, 3.05) is 19.7 Å². The number of ether oxygens (including phenoxy) is 1. The van der Waals surface area contributed by atoms with E-state index in [-0.39, 0.29) is 17.3 Å². The van der Waals surface area contributed by atoms with Crippen LogP contribution < -0.4 is 0 Å². The summed E-state index contributed by atoms with van der Waals surface area (Å²) >= 11 is 0. The second kappa shape index (κ2) is 5.09. The molecule has 0 aromatic heterocycles. The van der Waals surface area contributed by atoms with Gasteiger partial charge in [-0.1, -0.05) is 6.92 Å². The molecule has 3 rings (SSSR count). The first-order chi connectivity index (χ1) is 9.58. The number of benzene rings is 1. The molecule has 1 amide bonds. The molecule has 1 aromatic rings. The molecule has 1 spiro atoms. The zero-order valence-electron chi connectivity index (χ0n) is 11.8. The molecule has 0 radical (unpaired) electrons. The molecule has 2 aliphatic rings. The molecule has 0 saturated carbocycles. The van der Waals surface area contributed by atoms with Crippen LogP contribution in [0.1, 0.15) is 36.5 Å². The molecule has 2 saturated heterocycles. The molecule has 4 heteroatoms. The number of piperidine rings is 1. The third-order valence-corrected chi connectivity index (χ3v) is 4.34. The van der Waals surface area contributed by atoms with Gasteiger partial charge in [-0.15, -0.1) is 0 Å². The lowest BCUT2D eigenvalue weighted by Crippen LogP contribution is -2.50. The predicted octanol–water partition coefficient (Wildman–Crippen LogP) is 2.42. The summed E-state index contributed by atoms with van der Waals surface area (Å²) in [5, 5.41) is 9.30. The fourth-order valence-corrected chi connectivity index (χ4v) is 3.41. The van der Waals surface area contributed by atoms with Gasteiger partial charge in [0.1, 0.15) is 5.75 Å². The largest absolute Gasteiger partial charge is 0.508 e. The van der Waals surface area contributed by atoms with Crippen LogP contribution in [-0.2, 0) is 4.74 Å². The Kier molecular flexibility index (Phi) is 3.42. The van der Waals surface area contributed by atoms with Crippen LogP contribution in [0.5, 0.6) is 5.75 Å². The molecule has 0 bridgehead atoms. The van der Waals surface area contributed by atoms with Crippen LogP contribution in [0.3, 0.4) is 0 Å². The third kappa shape index (κ3) is 2.52. The number of hydrogen-bond acceptors (Lipinski definition) is 3. The highest BCUT2D eigenvalue weighted by molar-refractivity contribution is 5.94. The van der Waals surface area contributed by atoms with E-state index in [2.05, 4.69) is 6.92 Å². The lowest BCUT2D eigenvalue weighted by molar-refractivity contribution is -0.0449. The van der Waals surface area contributed by atoms with Crippen LogP contribution in [-0.4, -0.2) is 41.2 Å². The summed E-state index contributed by atoms with van der Waals surface area (Å²) in [5.74, 6) is 0.801. The van der Waals surface area contributed by atoms with Crippen molar-refractivity contribution in [3.05, 3.63) is 29.8 Å². The normalized spacial score (nSPS) is 29.9. The number of carbonyl (C=O) groups is 1. The Morgan fingerprint density at radius 2 is 2.15 bits per heavy atom. The van der Waals surface area contributed by atoms with Gasteiger partial charge in [0.2, 0.25) is 0 Å². The van der Waals surface area contributed by atoms with Crippen molar-refractivity contribution in [2.24, 2.45) is 5.92 Å². The highest BCUT2D eigenvalue weighted by Crippen LogP contribution is 2.37. The molecule has 2 fully saturated rings. The zero-order chi connectivity index (χ0) is 14.2. The Morgan fingerprint density at radius 1 is 1.40 bits per heavy atom. The highest BCUT2D eigenvalue weighted by Gasteiger charge is 2.43. The molecule has 1 N–H and O–H groups in total. The van der Waals surface area contributed by atoms with E-state index in [1.807, 2.05) is 4.90 Å². The monoisotopic (exact) mass is 275 g/mol. The van der Waals surface area contributed by atoms with Gasteiger partial charge in [0.25, 0.3) is 5.91 Å². The van der Waals surface area contributed by atoms with Crippen molar-refractivity contribution in [3.8, 4) is 5.75 Å². The summed E-state index contributed by atoms with van der Waals surface area (Å²) < 4.78 is 6.00. The fourth-order valence-electron chi connectivity index (χ4n) is 3.41. The minimum atomic E-state index is -0.121. The maximum absolute atomic E-state index is 12.5. The first kappa shape index (κ1) is 13.4. The quantitative estimate of drug-likeness (QED) is 0.856. The average Bonchev–Trinajstić information content (AvgIpc) is 2.79. The van der Waals surface area contributed by atoms with E-state index in [1.165, 1.54) is 0 Å². The summed E-state index contributed by atoms with van der Waals surface area (Å²) in [5.41, 5.74) is 0.510. The Bertz CT molecular complexity index is 495. The molecular weight excluding hydrogens is 254 g/mol. The molecule has 4 nitrogen and oxygen atoms in total. The van der Waals surface area contributed by atoms with Gasteiger partial charge in [-0.05, 0) is 49.4 Å². The van der Waals surface area contributed by atoms with Gasteiger partial charge >= 0.3 is 0 Å². The lowest BCUT2D eigenvalue weighted by Gasteiger charge is -2.39. The third-order valence-electron chi connectivity index (χ3n) is 4.34. The number of carbonyl (C=O) groups excluding carboxylic acids is 1. The second-order valence-electron chi connectivity index (χ2n) is 6.18. The van der Waals surface area contributed by atoms with Crippen molar-refractivity contribution >= 4 is 5.91 Å². The van der Waals surface area contributed by atoms with Gasteiger partial charge in [-0.3, -0.25) is 4.79 Å². The van der Waals surface area contributed by atoms with E-state index in [0.29, 0.717) is 18.0 Å². The van der Waals surface area contributed by atoms with Crippen molar-refractivity contribution in [2.45, 2.75) is 31.8 Å². The summed E-state index contributed by atoms with van der Waals surface area (Å²) in [6.07, 6.45) is 3.10. The van der Waals surface area contributed by atoms with Gasteiger partial charge in [-0.2, -0.15) is 0 Å². The van der Waals surface area contributed by atoms with Crippen LogP contribution in [0.4, 0.5) is 0 Å². The SMILES string of the molecule is C[C@@H]1CO[C@]2(CCCN(C(=O)c3ccc(O)cc3)C2)C1. The molecule has 20 heavy (non-hydrogen) atoms. The maximum Gasteiger partial charge on any atom is 0.253 e. The number of nitrogens with zero attached hydrogens (tertiary/aromatic N) is 1. The molecule has 0 aliphatic carbocycles. The van der Waals surface area contributed by atoms with E-state index >= 15 is 0 Å². The van der Waals surface area contributed by atoms with Gasteiger partial charge in [0.05, 0.1) is 12.2 Å². The highest BCUT2D eigenvalue weighted by atomic mass is 16.5. The molecule has 0 unspecified atom stereocenters. The van der Waals surface area contributed by atoms with Crippen LogP contribution in [0.15, 0.2) is 24.3 Å². The number of likely N-dealkylation sites (tertiary alicyclic amines) is 1. The summed E-state index contributed by atoms with van der Waals surface area (Å²) in [7, 11) is 0. The second-order valence-corrected chi connectivity index (χ2v) is 6.18. The molecule has 2 atom stereocenters. The molecule has 2 heterocycles. The van der Waals surface area contributed by atoms with Crippen LogP contribution >= 0.6 is 0 Å².